The minimum Gasteiger partial charge on any atom is -0.354 e. The standard InChI is InChI=1S/C24H13N3/c1-3-7-17-13(5-1)14-9-11-20-22(23(14)26-17)16-10-12-19-21(24(16)27-20)15-6-2-4-8-18(15)25-19/h1-12,26H. The number of fused-ring (bicyclic) bond motifs is 10. The van der Waals surface area contributed by atoms with Crippen molar-refractivity contribution in [1.29, 1.82) is 0 Å². The highest BCUT2D eigenvalue weighted by Crippen LogP contribution is 2.41. The topological polar surface area (TPSA) is 40.5 Å². The van der Waals surface area contributed by atoms with Gasteiger partial charge in [-0.15, -0.1) is 0 Å². The zero-order chi connectivity index (χ0) is 17.5. The van der Waals surface area contributed by atoms with Gasteiger partial charge in [0.25, 0.3) is 0 Å². The van der Waals surface area contributed by atoms with Crippen LogP contribution < -0.4 is 10.7 Å². The molecule has 0 bridgehead atoms. The molecule has 4 aromatic carbocycles. The Kier molecular flexibility index (Phi) is 2.25. The lowest BCUT2D eigenvalue weighted by atomic mass is 10.0. The second-order valence-corrected chi connectivity index (χ2v) is 7.15. The summed E-state index contributed by atoms with van der Waals surface area (Å²) in [7, 11) is 0. The normalized spacial score (nSPS) is 13.0. The molecule has 0 spiro atoms. The molecule has 0 fully saturated rings. The van der Waals surface area contributed by atoms with Crippen molar-refractivity contribution in [3.05, 3.63) is 93.9 Å². The van der Waals surface area contributed by atoms with Crippen molar-refractivity contribution >= 4 is 33.2 Å². The van der Waals surface area contributed by atoms with E-state index in [1.165, 1.54) is 32.6 Å². The van der Waals surface area contributed by atoms with Gasteiger partial charge in [-0.2, -0.15) is 0 Å². The van der Waals surface area contributed by atoms with Crippen molar-refractivity contribution in [3.63, 3.8) is 0 Å². The van der Waals surface area contributed by atoms with Crippen LogP contribution in [0.1, 0.15) is 0 Å². The van der Waals surface area contributed by atoms with Crippen molar-refractivity contribution < 1.29 is 0 Å². The number of hydrogen-bond donors (Lipinski definition) is 1. The number of rotatable bonds is 0. The number of para-hydroxylation sites is 2. The summed E-state index contributed by atoms with van der Waals surface area (Å²) < 4.78 is 0. The molecular formula is C24H13N3. The zero-order valence-electron chi connectivity index (χ0n) is 14.3. The highest BCUT2D eigenvalue weighted by Gasteiger charge is 2.21. The maximum atomic E-state index is 5.03. The van der Waals surface area contributed by atoms with Gasteiger partial charge in [0.15, 0.2) is 0 Å². The molecule has 2 aliphatic rings. The summed E-state index contributed by atoms with van der Waals surface area (Å²) >= 11 is 0. The average Bonchev–Trinajstić information content (AvgIpc) is 3.37. The van der Waals surface area contributed by atoms with Gasteiger partial charge < -0.3 is 4.98 Å². The van der Waals surface area contributed by atoms with Gasteiger partial charge in [0, 0.05) is 37.9 Å². The van der Waals surface area contributed by atoms with Crippen LogP contribution in [-0.4, -0.2) is 4.98 Å². The molecule has 3 heterocycles. The van der Waals surface area contributed by atoms with Crippen molar-refractivity contribution in [2.24, 2.45) is 9.98 Å². The molecule has 2 aliphatic heterocycles. The molecule has 0 atom stereocenters. The van der Waals surface area contributed by atoms with Crippen LogP contribution in [0.2, 0.25) is 0 Å². The molecule has 124 valence electrons. The first-order valence-corrected chi connectivity index (χ1v) is 9.12. The van der Waals surface area contributed by atoms with Crippen LogP contribution in [0.4, 0.5) is 11.4 Å². The number of aromatic nitrogens is 1. The Bertz CT molecular complexity index is 1670. The number of nitrogens with zero attached hydrogens (tertiary/aromatic N) is 2. The van der Waals surface area contributed by atoms with Crippen LogP contribution in [0.5, 0.6) is 0 Å². The minimum absolute atomic E-state index is 1.01. The number of aromatic amines is 1. The molecule has 7 rings (SSSR count). The Labute approximate surface area is 153 Å². The van der Waals surface area contributed by atoms with Gasteiger partial charge in [0.05, 0.1) is 27.6 Å². The summed E-state index contributed by atoms with van der Waals surface area (Å²) in [6.07, 6.45) is 0. The fourth-order valence-electron chi connectivity index (χ4n) is 4.56. The van der Waals surface area contributed by atoms with E-state index < -0.39 is 0 Å². The van der Waals surface area contributed by atoms with E-state index in [0.717, 1.165) is 32.8 Å². The minimum atomic E-state index is 1.01. The quantitative estimate of drug-likeness (QED) is 0.411. The molecule has 0 saturated heterocycles. The molecule has 0 radical (unpaired) electrons. The molecule has 0 unspecified atom stereocenters. The molecular weight excluding hydrogens is 330 g/mol. The first kappa shape index (κ1) is 13.5. The van der Waals surface area contributed by atoms with E-state index in [0.29, 0.717) is 0 Å². The Hall–Kier alpha value is -3.72. The fraction of sp³-hybridized carbons (Fsp3) is 0. The van der Waals surface area contributed by atoms with E-state index in [4.69, 9.17) is 9.98 Å². The number of nitrogens with one attached hydrogen (secondary N) is 1. The lowest BCUT2D eigenvalue weighted by Crippen LogP contribution is -2.05. The second kappa shape index (κ2) is 4.51. The number of benzene rings is 4. The predicted molar refractivity (Wildman–Crippen MR) is 107 cm³/mol. The van der Waals surface area contributed by atoms with Crippen molar-refractivity contribution in [1.82, 2.24) is 4.98 Å². The van der Waals surface area contributed by atoms with Gasteiger partial charge in [-0.3, -0.25) is 0 Å². The lowest BCUT2D eigenvalue weighted by molar-refractivity contribution is 1.35. The maximum Gasteiger partial charge on any atom is 0.0818 e. The smallest absolute Gasteiger partial charge is 0.0818 e. The Balaban J connectivity index is 1.69. The second-order valence-electron chi connectivity index (χ2n) is 7.15. The molecule has 0 saturated carbocycles. The third-order valence-corrected chi connectivity index (χ3v) is 5.73. The SMILES string of the molecule is c1ccc2c(c1)=Nc1ccc3c(c1=2)=Nc1ccc2c([nH]c4ccccc42)c1-3. The van der Waals surface area contributed by atoms with E-state index in [9.17, 15) is 0 Å². The molecule has 5 aromatic rings. The Morgan fingerprint density at radius 1 is 0.667 bits per heavy atom. The molecule has 3 heteroatoms. The molecule has 1 N–H and O–H groups in total. The summed E-state index contributed by atoms with van der Waals surface area (Å²) in [6.45, 7) is 0. The third-order valence-electron chi connectivity index (χ3n) is 5.73. The van der Waals surface area contributed by atoms with Crippen LogP contribution in [0.15, 0.2) is 82.8 Å². The Morgan fingerprint density at radius 3 is 2.52 bits per heavy atom. The maximum absolute atomic E-state index is 5.03. The highest BCUT2D eigenvalue weighted by atomic mass is 14.8. The van der Waals surface area contributed by atoms with Crippen molar-refractivity contribution in [2.75, 3.05) is 0 Å². The van der Waals surface area contributed by atoms with Crippen LogP contribution in [0, 0.1) is 10.4 Å². The molecule has 0 amide bonds. The predicted octanol–water partition coefficient (Wildman–Crippen LogP) is 4.80. The largest absolute Gasteiger partial charge is 0.354 e. The van der Waals surface area contributed by atoms with Gasteiger partial charge in [-0.1, -0.05) is 42.5 Å². The van der Waals surface area contributed by atoms with Gasteiger partial charge in [-0.05, 0) is 30.3 Å². The first-order valence-electron chi connectivity index (χ1n) is 9.12. The van der Waals surface area contributed by atoms with Crippen LogP contribution >= 0.6 is 0 Å². The van der Waals surface area contributed by atoms with E-state index in [-0.39, 0.29) is 0 Å². The first-order chi connectivity index (χ1) is 13.4. The Morgan fingerprint density at radius 2 is 1.52 bits per heavy atom. The summed E-state index contributed by atoms with van der Waals surface area (Å²) in [4.78, 5) is 13.4. The summed E-state index contributed by atoms with van der Waals surface area (Å²) in [5.41, 5.74) is 6.76. The van der Waals surface area contributed by atoms with Crippen LogP contribution in [0.25, 0.3) is 32.9 Å². The van der Waals surface area contributed by atoms with Crippen molar-refractivity contribution in [3.8, 4) is 11.1 Å². The van der Waals surface area contributed by atoms with E-state index in [1.807, 2.05) is 6.07 Å². The fourth-order valence-corrected chi connectivity index (χ4v) is 4.56. The van der Waals surface area contributed by atoms with E-state index in [1.54, 1.807) is 0 Å². The average molecular weight is 343 g/mol. The molecule has 0 aliphatic carbocycles. The lowest BCUT2D eigenvalue weighted by Gasteiger charge is -2.02. The van der Waals surface area contributed by atoms with Crippen LogP contribution in [0.3, 0.4) is 0 Å². The van der Waals surface area contributed by atoms with Gasteiger partial charge >= 0.3 is 0 Å². The van der Waals surface area contributed by atoms with Gasteiger partial charge in [0.2, 0.25) is 0 Å². The summed E-state index contributed by atoms with van der Waals surface area (Å²) in [6, 6.07) is 25.4. The number of hydrogen-bond acceptors (Lipinski definition) is 2. The summed E-state index contributed by atoms with van der Waals surface area (Å²) in [5, 5.41) is 6.91. The molecule has 3 nitrogen and oxygen atoms in total. The molecule has 27 heavy (non-hydrogen) atoms. The van der Waals surface area contributed by atoms with E-state index >= 15 is 0 Å². The third kappa shape index (κ3) is 1.57. The monoisotopic (exact) mass is 343 g/mol. The van der Waals surface area contributed by atoms with Gasteiger partial charge in [-0.25, -0.2) is 9.98 Å². The number of H-pyrrole nitrogens is 1. The highest BCUT2D eigenvalue weighted by molar-refractivity contribution is 6.14. The van der Waals surface area contributed by atoms with Crippen molar-refractivity contribution in [2.45, 2.75) is 0 Å². The van der Waals surface area contributed by atoms with Crippen LogP contribution in [-0.2, 0) is 0 Å². The van der Waals surface area contributed by atoms with E-state index in [2.05, 4.69) is 71.7 Å². The van der Waals surface area contributed by atoms with Gasteiger partial charge in [0.1, 0.15) is 0 Å². The zero-order valence-corrected chi connectivity index (χ0v) is 14.3. The summed E-state index contributed by atoms with van der Waals surface area (Å²) in [5.74, 6) is 0. The molecule has 1 aromatic heterocycles.